The number of nitrogens with zero attached hydrogens (tertiary/aromatic N) is 2. The second kappa shape index (κ2) is 11.5. The number of ether oxygens (including phenoxy) is 2. The summed E-state index contributed by atoms with van der Waals surface area (Å²) in [5, 5.41) is 6.65. The van der Waals surface area contributed by atoms with Gasteiger partial charge in [-0.25, -0.2) is 0 Å². The minimum Gasteiger partial charge on any atom is -0.496 e. The molecule has 1 saturated carbocycles. The lowest BCUT2D eigenvalue weighted by atomic mass is 9.42. The summed E-state index contributed by atoms with van der Waals surface area (Å²) in [5.74, 6) is 1.15. The molecule has 8 nitrogen and oxygen atoms in total. The van der Waals surface area contributed by atoms with Crippen molar-refractivity contribution < 1.29 is 19.1 Å². The highest BCUT2D eigenvalue weighted by Gasteiger charge is 2.70. The zero-order valence-electron chi connectivity index (χ0n) is 26.2. The number of anilines is 1. The van der Waals surface area contributed by atoms with Crippen molar-refractivity contribution in [1.29, 1.82) is 0 Å². The van der Waals surface area contributed by atoms with Crippen LogP contribution >= 0.6 is 0 Å². The molecule has 0 spiro atoms. The molecule has 3 aliphatic carbocycles. The third-order valence-electron chi connectivity index (χ3n) is 10.8. The number of amides is 2. The van der Waals surface area contributed by atoms with Crippen molar-refractivity contribution in [1.82, 2.24) is 15.2 Å². The molecule has 4 aromatic rings. The third-order valence-corrected chi connectivity index (χ3v) is 10.8. The fourth-order valence-electron chi connectivity index (χ4n) is 8.82. The van der Waals surface area contributed by atoms with Crippen LogP contribution in [0.5, 0.6) is 11.5 Å². The zero-order valence-corrected chi connectivity index (χ0v) is 26.2. The number of aromatic nitrogens is 1. The first-order chi connectivity index (χ1) is 23.0. The highest BCUT2D eigenvalue weighted by Crippen LogP contribution is 2.69. The molecule has 3 aromatic carbocycles. The molecule has 2 fully saturated rings. The number of carbonyl (C=O) groups is 2. The molecule has 2 N–H and O–H groups in total. The van der Waals surface area contributed by atoms with Crippen LogP contribution in [-0.2, 0) is 21.5 Å². The SMILES string of the molecule is COc1ccccc1/C=C/C(=O)N1C[C@H]2[C@]3(c4ccc5c(c4)NC=CO5)CC[C@@H](c4ccccc43)[C@@]2(C(=O)NCc2cccnc2)C1. The normalized spacial score (nSPS) is 24.9. The fourth-order valence-corrected chi connectivity index (χ4v) is 8.82. The Kier molecular flexibility index (Phi) is 7.08. The predicted octanol–water partition coefficient (Wildman–Crippen LogP) is 6.02. The summed E-state index contributed by atoms with van der Waals surface area (Å²) >= 11 is 0. The van der Waals surface area contributed by atoms with Gasteiger partial charge in [0, 0.05) is 67.1 Å². The van der Waals surface area contributed by atoms with Crippen molar-refractivity contribution in [2.75, 3.05) is 25.5 Å². The van der Waals surface area contributed by atoms with Crippen LogP contribution in [0, 0.1) is 11.3 Å². The Labute approximate surface area is 274 Å². The zero-order chi connectivity index (χ0) is 32.0. The summed E-state index contributed by atoms with van der Waals surface area (Å²) in [6.45, 7) is 1.17. The first-order valence-electron chi connectivity index (χ1n) is 16.1. The Morgan fingerprint density at radius 3 is 2.85 bits per heavy atom. The fraction of sp³-hybridized carbons (Fsp3) is 0.256. The van der Waals surface area contributed by atoms with E-state index in [1.807, 2.05) is 47.4 Å². The van der Waals surface area contributed by atoms with Crippen molar-refractivity contribution in [2.24, 2.45) is 11.3 Å². The van der Waals surface area contributed by atoms with Crippen molar-refractivity contribution in [3.8, 4) is 11.5 Å². The summed E-state index contributed by atoms with van der Waals surface area (Å²) in [6.07, 6.45) is 12.1. The molecule has 3 heterocycles. The minimum absolute atomic E-state index is 0.0127. The molecular formula is C39H36N4O4. The Hall–Kier alpha value is -5.37. The summed E-state index contributed by atoms with van der Waals surface area (Å²) in [6, 6.07) is 26.4. The maximum absolute atomic E-state index is 14.9. The molecule has 9 rings (SSSR count). The maximum Gasteiger partial charge on any atom is 0.246 e. The molecule has 236 valence electrons. The summed E-state index contributed by atoms with van der Waals surface area (Å²) in [7, 11) is 1.62. The average molecular weight is 625 g/mol. The Balaban J connectivity index is 1.24. The number of benzene rings is 3. The van der Waals surface area contributed by atoms with Crippen LogP contribution in [0.3, 0.4) is 0 Å². The number of nitrogens with one attached hydrogen (secondary N) is 2. The second-order valence-electron chi connectivity index (χ2n) is 12.9. The first-order valence-corrected chi connectivity index (χ1v) is 16.1. The summed E-state index contributed by atoms with van der Waals surface area (Å²) < 4.78 is 11.3. The summed E-state index contributed by atoms with van der Waals surface area (Å²) in [4.78, 5) is 35.1. The largest absolute Gasteiger partial charge is 0.496 e. The smallest absolute Gasteiger partial charge is 0.246 e. The van der Waals surface area contributed by atoms with Crippen LogP contribution in [0.1, 0.15) is 46.6 Å². The highest BCUT2D eigenvalue weighted by molar-refractivity contribution is 5.94. The molecule has 47 heavy (non-hydrogen) atoms. The number of hydrogen-bond acceptors (Lipinski definition) is 6. The van der Waals surface area contributed by atoms with Crippen LogP contribution in [0.25, 0.3) is 6.08 Å². The van der Waals surface area contributed by atoms with Crippen molar-refractivity contribution in [3.63, 3.8) is 0 Å². The van der Waals surface area contributed by atoms with Crippen LogP contribution in [0.15, 0.2) is 110 Å². The lowest BCUT2D eigenvalue weighted by molar-refractivity contribution is -0.139. The van der Waals surface area contributed by atoms with Gasteiger partial charge in [-0.2, -0.15) is 0 Å². The molecule has 8 heteroatoms. The Morgan fingerprint density at radius 1 is 1.11 bits per heavy atom. The predicted molar refractivity (Wildman–Crippen MR) is 180 cm³/mol. The van der Waals surface area contributed by atoms with Gasteiger partial charge in [0.05, 0.1) is 18.2 Å². The maximum atomic E-state index is 14.9. The standard InChI is InChI=1S/C39H36N4O4/c1-46-33-11-5-2-8-27(33)12-15-36(44)43-24-35-38(28-13-14-34-32(21-28)41-19-20-47-34)17-16-31(29-9-3-4-10-30(29)38)39(35,25-43)37(45)42-23-26-7-6-18-40-22-26/h2-15,18-22,31,35,41H,16-17,23-25H2,1H3,(H,42,45)/b15-12+/t31-,35-,38-,39-/m0/s1. The Bertz CT molecular complexity index is 1920. The van der Waals surface area contributed by atoms with Gasteiger partial charge >= 0.3 is 0 Å². The monoisotopic (exact) mass is 624 g/mol. The van der Waals surface area contributed by atoms with E-state index in [0.29, 0.717) is 25.4 Å². The van der Waals surface area contributed by atoms with E-state index in [2.05, 4.69) is 52.0 Å². The van der Waals surface area contributed by atoms with Gasteiger partial charge in [-0.15, -0.1) is 0 Å². The van der Waals surface area contributed by atoms with Crippen LogP contribution < -0.4 is 20.1 Å². The average Bonchev–Trinajstić information content (AvgIpc) is 3.57. The van der Waals surface area contributed by atoms with E-state index in [-0.39, 0.29) is 23.7 Å². The van der Waals surface area contributed by atoms with Crippen molar-refractivity contribution in [2.45, 2.75) is 30.7 Å². The number of carbonyl (C=O) groups excluding carboxylic acids is 2. The van der Waals surface area contributed by atoms with E-state index < -0.39 is 10.8 Å². The van der Waals surface area contributed by atoms with E-state index >= 15 is 0 Å². The van der Waals surface area contributed by atoms with Gasteiger partial charge in [-0.3, -0.25) is 14.6 Å². The van der Waals surface area contributed by atoms with Crippen LogP contribution in [0.2, 0.25) is 0 Å². The van der Waals surface area contributed by atoms with E-state index in [0.717, 1.165) is 41.0 Å². The number of likely N-dealkylation sites (tertiary alicyclic amines) is 1. The Morgan fingerprint density at radius 2 is 1.98 bits per heavy atom. The van der Waals surface area contributed by atoms with Gasteiger partial charge in [0.1, 0.15) is 17.8 Å². The molecule has 2 amide bonds. The van der Waals surface area contributed by atoms with E-state index in [9.17, 15) is 9.59 Å². The number of para-hydroxylation sites is 1. The number of hydrogen-bond donors (Lipinski definition) is 2. The van der Waals surface area contributed by atoms with Gasteiger partial charge in [0.2, 0.25) is 11.8 Å². The molecule has 4 atom stereocenters. The molecular weight excluding hydrogens is 588 g/mol. The molecule has 2 aliphatic heterocycles. The van der Waals surface area contributed by atoms with E-state index in [1.54, 1.807) is 44.1 Å². The number of pyridine rings is 1. The van der Waals surface area contributed by atoms with E-state index in [4.69, 9.17) is 9.47 Å². The lowest BCUT2D eigenvalue weighted by Crippen LogP contribution is -2.62. The number of rotatable bonds is 7. The van der Waals surface area contributed by atoms with Gasteiger partial charge in [-0.1, -0.05) is 54.6 Å². The van der Waals surface area contributed by atoms with Gasteiger partial charge < -0.3 is 25.0 Å². The lowest BCUT2D eigenvalue weighted by Gasteiger charge is -2.60. The highest BCUT2D eigenvalue weighted by atomic mass is 16.5. The third kappa shape index (κ3) is 4.53. The topological polar surface area (TPSA) is 92.8 Å². The van der Waals surface area contributed by atoms with Gasteiger partial charge in [-0.05, 0) is 65.4 Å². The summed E-state index contributed by atoms with van der Waals surface area (Å²) in [5.41, 5.74) is 4.91. The number of methoxy groups -OCH3 is 1. The molecule has 1 saturated heterocycles. The van der Waals surface area contributed by atoms with E-state index in [1.165, 1.54) is 11.1 Å². The van der Waals surface area contributed by atoms with Gasteiger partial charge in [0.15, 0.2) is 0 Å². The van der Waals surface area contributed by atoms with Crippen LogP contribution in [-0.4, -0.2) is 41.9 Å². The quantitative estimate of drug-likeness (QED) is 0.245. The molecule has 0 unspecified atom stereocenters. The second-order valence-corrected chi connectivity index (χ2v) is 12.9. The molecule has 1 aromatic heterocycles. The van der Waals surface area contributed by atoms with Crippen molar-refractivity contribution >= 4 is 23.6 Å². The minimum atomic E-state index is -0.831. The van der Waals surface area contributed by atoms with Crippen LogP contribution in [0.4, 0.5) is 5.69 Å². The molecule has 5 aliphatic rings. The molecule has 2 bridgehead atoms. The first kappa shape index (κ1) is 29.1. The van der Waals surface area contributed by atoms with Crippen molar-refractivity contribution in [3.05, 3.63) is 138 Å². The van der Waals surface area contributed by atoms with Gasteiger partial charge in [0.25, 0.3) is 0 Å². The molecule has 0 radical (unpaired) electrons. The number of fused-ring (bicyclic) bond motifs is 2.